The molecule has 0 bridgehead atoms. The highest BCUT2D eigenvalue weighted by molar-refractivity contribution is 5.69. The Hall–Kier alpha value is -1.35. The largest absolute Gasteiger partial charge is 0.455 e. The summed E-state index contributed by atoms with van der Waals surface area (Å²) in [5.74, 6) is -0.342. The molecule has 0 aliphatic heterocycles. The van der Waals surface area contributed by atoms with E-state index in [1.165, 1.54) is 12.5 Å². The Labute approximate surface area is 113 Å². The maximum atomic E-state index is 11.4. The van der Waals surface area contributed by atoms with Crippen molar-refractivity contribution in [1.29, 1.82) is 0 Å². The SMILES string of the molecule is CC(=O)O[C@@H]1C2=CC(C)=CC2=C(C)C2(CC2)[C@@]1(C)O. The molecular weight excluding hydrogens is 240 g/mol. The van der Waals surface area contributed by atoms with Crippen molar-refractivity contribution in [1.82, 2.24) is 0 Å². The average Bonchev–Trinajstić information content (AvgIpc) is 3.02. The van der Waals surface area contributed by atoms with Crippen molar-refractivity contribution in [2.75, 3.05) is 0 Å². The lowest BCUT2D eigenvalue weighted by Crippen LogP contribution is -2.53. The number of fused-ring (bicyclic) bond motifs is 1. The van der Waals surface area contributed by atoms with Gasteiger partial charge in [0.15, 0.2) is 6.10 Å². The van der Waals surface area contributed by atoms with E-state index in [0.717, 1.165) is 29.6 Å². The number of esters is 1. The van der Waals surface area contributed by atoms with Gasteiger partial charge in [-0.2, -0.15) is 0 Å². The van der Waals surface area contributed by atoms with Crippen molar-refractivity contribution in [3.05, 3.63) is 34.4 Å². The third-order valence-electron chi connectivity index (χ3n) is 4.98. The summed E-state index contributed by atoms with van der Waals surface area (Å²) in [5, 5.41) is 11.0. The molecule has 3 heteroatoms. The second-order valence-corrected chi connectivity index (χ2v) is 6.25. The standard InChI is InChI=1S/C16H20O3/c1-9-7-12-10(2)16(5-6-16)15(4,18)14(13(12)8-9)19-11(3)17/h7-8,14,18H,5-6H2,1-4H3/t14-,15+/m1/s1. The first kappa shape index (κ1) is 12.7. The van der Waals surface area contributed by atoms with Gasteiger partial charge in [-0.1, -0.05) is 23.3 Å². The van der Waals surface area contributed by atoms with Crippen LogP contribution in [0.3, 0.4) is 0 Å². The molecular formula is C16H20O3. The number of carbonyl (C=O) groups is 1. The number of aliphatic hydroxyl groups is 1. The fraction of sp³-hybridized carbons (Fsp3) is 0.562. The van der Waals surface area contributed by atoms with E-state index in [1.54, 1.807) is 0 Å². The van der Waals surface area contributed by atoms with Gasteiger partial charge in [-0.05, 0) is 39.2 Å². The normalized spacial score (nSPS) is 34.9. The summed E-state index contributed by atoms with van der Waals surface area (Å²) < 4.78 is 5.47. The van der Waals surface area contributed by atoms with Crippen molar-refractivity contribution < 1.29 is 14.6 Å². The molecule has 1 saturated carbocycles. The van der Waals surface area contributed by atoms with Crippen LogP contribution in [0.15, 0.2) is 34.4 Å². The number of hydrogen-bond acceptors (Lipinski definition) is 3. The molecule has 0 radical (unpaired) electrons. The highest BCUT2D eigenvalue weighted by atomic mass is 16.6. The number of rotatable bonds is 1. The van der Waals surface area contributed by atoms with E-state index in [4.69, 9.17) is 4.74 Å². The molecule has 3 aliphatic rings. The van der Waals surface area contributed by atoms with Gasteiger partial charge in [0.1, 0.15) is 5.60 Å². The van der Waals surface area contributed by atoms with E-state index < -0.39 is 11.7 Å². The van der Waals surface area contributed by atoms with Gasteiger partial charge >= 0.3 is 5.97 Å². The van der Waals surface area contributed by atoms with E-state index in [9.17, 15) is 9.90 Å². The fourth-order valence-electron chi connectivity index (χ4n) is 3.76. The summed E-state index contributed by atoms with van der Waals surface area (Å²) in [7, 11) is 0. The molecule has 0 heterocycles. The van der Waals surface area contributed by atoms with Crippen LogP contribution in [-0.4, -0.2) is 22.8 Å². The topological polar surface area (TPSA) is 46.5 Å². The van der Waals surface area contributed by atoms with Gasteiger partial charge in [0.25, 0.3) is 0 Å². The van der Waals surface area contributed by atoms with Gasteiger partial charge in [0.05, 0.1) is 0 Å². The summed E-state index contributed by atoms with van der Waals surface area (Å²) in [6.45, 7) is 7.34. The van der Waals surface area contributed by atoms with Crippen LogP contribution in [0.5, 0.6) is 0 Å². The fourth-order valence-corrected chi connectivity index (χ4v) is 3.76. The van der Waals surface area contributed by atoms with Gasteiger partial charge in [-0.15, -0.1) is 0 Å². The summed E-state index contributed by atoms with van der Waals surface area (Å²) in [4.78, 5) is 11.4. The van der Waals surface area contributed by atoms with Crippen molar-refractivity contribution >= 4 is 5.97 Å². The smallest absolute Gasteiger partial charge is 0.303 e. The molecule has 0 saturated heterocycles. The van der Waals surface area contributed by atoms with Crippen molar-refractivity contribution in [3.63, 3.8) is 0 Å². The third kappa shape index (κ3) is 1.51. The molecule has 0 aromatic heterocycles. The van der Waals surface area contributed by atoms with Gasteiger partial charge in [-0.3, -0.25) is 4.79 Å². The van der Waals surface area contributed by atoms with Crippen LogP contribution >= 0.6 is 0 Å². The Morgan fingerprint density at radius 3 is 2.53 bits per heavy atom. The second kappa shape index (κ2) is 3.60. The summed E-state index contributed by atoms with van der Waals surface area (Å²) in [5.41, 5.74) is 3.27. The Kier molecular flexibility index (Phi) is 2.40. The average molecular weight is 260 g/mol. The minimum Gasteiger partial charge on any atom is -0.455 e. The van der Waals surface area contributed by atoms with Crippen LogP contribution in [0.1, 0.15) is 40.5 Å². The molecule has 1 spiro atoms. The Morgan fingerprint density at radius 1 is 1.37 bits per heavy atom. The van der Waals surface area contributed by atoms with Gasteiger partial charge in [0, 0.05) is 17.9 Å². The molecule has 3 nitrogen and oxygen atoms in total. The maximum Gasteiger partial charge on any atom is 0.303 e. The number of hydrogen-bond donors (Lipinski definition) is 1. The maximum absolute atomic E-state index is 11.4. The first-order valence-electron chi connectivity index (χ1n) is 6.81. The second-order valence-electron chi connectivity index (χ2n) is 6.25. The van der Waals surface area contributed by atoms with Gasteiger partial charge < -0.3 is 9.84 Å². The molecule has 1 fully saturated rings. The molecule has 3 rings (SSSR count). The zero-order valence-corrected chi connectivity index (χ0v) is 11.9. The van der Waals surface area contributed by atoms with E-state index in [1.807, 2.05) is 19.9 Å². The molecule has 102 valence electrons. The third-order valence-corrected chi connectivity index (χ3v) is 4.98. The first-order valence-corrected chi connectivity index (χ1v) is 6.81. The number of ether oxygens (including phenoxy) is 1. The Bertz CT molecular complexity index is 557. The van der Waals surface area contributed by atoms with Gasteiger partial charge in [0.2, 0.25) is 0 Å². The molecule has 2 atom stereocenters. The molecule has 0 unspecified atom stereocenters. The van der Waals surface area contributed by atoms with Crippen molar-refractivity contribution in [2.24, 2.45) is 5.41 Å². The number of carbonyl (C=O) groups excluding carboxylic acids is 1. The molecule has 0 aromatic rings. The lowest BCUT2D eigenvalue weighted by molar-refractivity contribution is -0.163. The molecule has 0 amide bonds. The van der Waals surface area contributed by atoms with E-state index in [2.05, 4.69) is 13.0 Å². The first-order chi connectivity index (χ1) is 8.79. The molecule has 19 heavy (non-hydrogen) atoms. The monoisotopic (exact) mass is 260 g/mol. The highest BCUT2D eigenvalue weighted by Gasteiger charge is 2.65. The predicted octanol–water partition coefficient (Wildman–Crippen LogP) is 2.67. The van der Waals surface area contributed by atoms with Crippen LogP contribution in [0.4, 0.5) is 0 Å². The molecule has 3 aliphatic carbocycles. The summed E-state index contributed by atoms with van der Waals surface area (Å²) in [6, 6.07) is 0. The van der Waals surface area contributed by atoms with Crippen LogP contribution in [0.2, 0.25) is 0 Å². The molecule has 1 N–H and O–H groups in total. The summed E-state index contributed by atoms with van der Waals surface area (Å²) in [6.07, 6.45) is 5.53. The Balaban J connectivity index is 2.16. The quantitative estimate of drug-likeness (QED) is 0.737. The predicted molar refractivity (Wildman–Crippen MR) is 72.4 cm³/mol. The molecule has 0 aromatic carbocycles. The lowest BCUT2D eigenvalue weighted by atomic mass is 9.67. The van der Waals surface area contributed by atoms with Gasteiger partial charge in [-0.25, -0.2) is 0 Å². The van der Waals surface area contributed by atoms with E-state index in [-0.39, 0.29) is 11.4 Å². The number of allylic oxidation sites excluding steroid dienone is 3. The van der Waals surface area contributed by atoms with E-state index in [0.29, 0.717) is 0 Å². The Morgan fingerprint density at radius 2 is 2.00 bits per heavy atom. The minimum atomic E-state index is -1.02. The van der Waals surface area contributed by atoms with Crippen LogP contribution in [0, 0.1) is 5.41 Å². The highest BCUT2D eigenvalue weighted by Crippen LogP contribution is 2.65. The lowest BCUT2D eigenvalue weighted by Gasteiger charge is -2.45. The zero-order valence-electron chi connectivity index (χ0n) is 11.9. The minimum absolute atomic E-state index is 0.207. The van der Waals surface area contributed by atoms with Crippen molar-refractivity contribution in [2.45, 2.75) is 52.2 Å². The van der Waals surface area contributed by atoms with Crippen LogP contribution in [-0.2, 0) is 9.53 Å². The summed E-state index contributed by atoms with van der Waals surface area (Å²) >= 11 is 0. The van der Waals surface area contributed by atoms with E-state index >= 15 is 0 Å². The zero-order chi connectivity index (χ0) is 14.0. The van der Waals surface area contributed by atoms with Crippen LogP contribution < -0.4 is 0 Å². The van der Waals surface area contributed by atoms with Crippen molar-refractivity contribution in [3.8, 4) is 0 Å². The van der Waals surface area contributed by atoms with Crippen LogP contribution in [0.25, 0.3) is 0 Å².